The van der Waals surface area contributed by atoms with Crippen LogP contribution in [0.25, 0.3) is 0 Å². The van der Waals surface area contributed by atoms with Crippen molar-refractivity contribution in [2.45, 2.75) is 68.3 Å². The molecule has 18 nitrogen and oxygen atoms in total. The summed E-state index contributed by atoms with van der Waals surface area (Å²) < 4.78 is 87.5. The zero-order chi connectivity index (χ0) is 26.0. The number of rotatable bonds is 9. The molecular formula is C14H23NNa2O17S2. The predicted octanol–water partition coefficient (Wildman–Crippen LogP) is -12.3. The molecule has 2 fully saturated rings. The van der Waals surface area contributed by atoms with Gasteiger partial charge in [0, 0.05) is 6.92 Å². The van der Waals surface area contributed by atoms with Crippen molar-refractivity contribution < 1.29 is 138 Å². The summed E-state index contributed by atoms with van der Waals surface area (Å²) in [5, 5.41) is 53.1. The molecule has 1 amide bonds. The van der Waals surface area contributed by atoms with Gasteiger partial charge in [0.25, 0.3) is 0 Å². The number of amides is 1. The normalized spacial score (nSPS) is 37.3. The van der Waals surface area contributed by atoms with Crippen molar-refractivity contribution in [3.63, 3.8) is 0 Å². The topological polar surface area (TPSA) is 291 Å². The maximum absolute atomic E-state index is 11.5. The summed E-state index contributed by atoms with van der Waals surface area (Å²) in [6.45, 7) is -1.19. The Bertz CT molecular complexity index is 922. The number of ether oxygens (including phenoxy) is 3. The molecule has 2 aliphatic rings. The van der Waals surface area contributed by atoms with Crippen LogP contribution in [0.4, 0.5) is 0 Å². The molecule has 0 spiro atoms. The van der Waals surface area contributed by atoms with E-state index in [1.165, 1.54) is 0 Å². The van der Waals surface area contributed by atoms with E-state index in [1.54, 1.807) is 0 Å². The third-order valence-corrected chi connectivity index (χ3v) is 5.63. The molecule has 0 aromatic heterocycles. The summed E-state index contributed by atoms with van der Waals surface area (Å²) in [5.41, 5.74) is 0. The van der Waals surface area contributed by atoms with Crippen LogP contribution >= 0.6 is 0 Å². The maximum atomic E-state index is 11.5. The van der Waals surface area contributed by atoms with Gasteiger partial charge in [-0.1, -0.05) is 0 Å². The van der Waals surface area contributed by atoms with Crippen molar-refractivity contribution in [1.82, 2.24) is 5.32 Å². The fraction of sp³-hybridized carbons (Fsp3) is 0.929. The van der Waals surface area contributed by atoms with Gasteiger partial charge in [-0.25, -0.2) is 16.8 Å². The SMILES string of the molecule is CC(=O)N[C@H]1[C@H](O[C@@H]2[C@@H](O)[C@H](O)O[C@H](COS(=O)(=O)[O-])[C@@H]2O)O[C@H](COS(=O)(=O)[O-])[C@@H](O)[C@@H]1O.[Na+].[Na+]. The smallest absolute Gasteiger partial charge is 0.726 e. The minimum absolute atomic E-state index is 0. The second-order valence-corrected chi connectivity index (χ2v) is 9.39. The van der Waals surface area contributed by atoms with Gasteiger partial charge in [0.1, 0.15) is 48.8 Å². The zero-order valence-corrected chi connectivity index (χ0v) is 24.8. The van der Waals surface area contributed by atoms with Gasteiger partial charge in [-0.2, -0.15) is 0 Å². The third-order valence-electron chi connectivity index (χ3n) is 4.78. The van der Waals surface area contributed by atoms with Crippen LogP contribution < -0.4 is 64.4 Å². The van der Waals surface area contributed by atoms with Gasteiger partial charge >= 0.3 is 59.1 Å². The minimum Gasteiger partial charge on any atom is -0.726 e. The molecule has 0 saturated carbocycles. The second-order valence-electron chi connectivity index (χ2n) is 7.28. The van der Waals surface area contributed by atoms with Crippen LogP contribution in [0.1, 0.15) is 6.92 Å². The fourth-order valence-corrected chi connectivity index (χ4v) is 3.85. The van der Waals surface area contributed by atoms with Gasteiger partial charge in [0.05, 0.1) is 13.2 Å². The van der Waals surface area contributed by atoms with Crippen molar-refractivity contribution in [3.8, 4) is 0 Å². The molecule has 2 saturated heterocycles. The van der Waals surface area contributed by atoms with E-state index in [1.807, 2.05) is 0 Å². The van der Waals surface area contributed by atoms with Crippen LogP contribution in [0.3, 0.4) is 0 Å². The van der Waals surface area contributed by atoms with Crippen molar-refractivity contribution in [2.75, 3.05) is 13.2 Å². The Morgan fingerprint density at radius 2 is 1.31 bits per heavy atom. The Kier molecular flexibility index (Phi) is 15.4. The molecule has 0 unspecified atom stereocenters. The standard InChI is InChI=1S/C14H25NO17S2.2Na/c1-4(16)15-7-10(19)8(17)5(2-28-33(22,23)24)31-14(7)32-12-9(18)6(3-29-34(25,26)27)30-13(21)11(12)20;;/h5-14,17-21H,2-3H2,1H3,(H,15,16)(H,22,23,24)(H,25,26,27);;/q;2*+1/p-2/t5-,6-,7-,8-,9+,10-,11-,12+,13-,14+;;/m1../s1. The van der Waals surface area contributed by atoms with E-state index < -0.39 is 101 Å². The van der Waals surface area contributed by atoms with Gasteiger partial charge in [-0.15, -0.1) is 0 Å². The first kappa shape index (κ1) is 36.9. The molecule has 36 heavy (non-hydrogen) atoms. The number of aliphatic hydroxyl groups is 5. The van der Waals surface area contributed by atoms with Crippen LogP contribution in [0.5, 0.6) is 0 Å². The number of nitrogens with one attached hydrogen (secondary N) is 1. The molecule has 2 heterocycles. The first-order valence-corrected chi connectivity index (χ1v) is 12.0. The van der Waals surface area contributed by atoms with E-state index in [0.29, 0.717) is 0 Å². The van der Waals surface area contributed by atoms with E-state index in [4.69, 9.17) is 14.2 Å². The molecule has 2 aliphatic heterocycles. The number of aliphatic hydroxyl groups excluding tert-OH is 5. The van der Waals surface area contributed by atoms with Crippen molar-refractivity contribution in [2.24, 2.45) is 0 Å². The monoisotopic (exact) mass is 587 g/mol. The number of hydrogen-bond acceptors (Lipinski definition) is 17. The molecule has 0 radical (unpaired) electrons. The summed E-state index contributed by atoms with van der Waals surface area (Å²) in [7, 11) is -10.5. The average molecular weight is 587 g/mol. The van der Waals surface area contributed by atoms with Gasteiger partial charge in [-0.3, -0.25) is 13.2 Å². The van der Waals surface area contributed by atoms with Crippen LogP contribution in [0, 0.1) is 0 Å². The Hall–Kier alpha value is 0.890. The van der Waals surface area contributed by atoms with E-state index in [-0.39, 0.29) is 59.1 Å². The molecular weight excluding hydrogens is 564 g/mol. The van der Waals surface area contributed by atoms with Gasteiger partial charge in [0.15, 0.2) is 12.6 Å². The summed E-state index contributed by atoms with van der Waals surface area (Å²) >= 11 is 0. The molecule has 0 aromatic carbocycles. The molecule has 22 heteroatoms. The summed E-state index contributed by atoms with van der Waals surface area (Å²) in [6, 6.07) is -1.61. The second kappa shape index (κ2) is 15.0. The van der Waals surface area contributed by atoms with E-state index >= 15 is 0 Å². The van der Waals surface area contributed by atoms with E-state index in [9.17, 15) is 56.3 Å². The maximum Gasteiger partial charge on any atom is 1.00 e. The molecule has 0 aliphatic carbocycles. The third kappa shape index (κ3) is 10.8. The Morgan fingerprint density at radius 3 is 1.75 bits per heavy atom. The van der Waals surface area contributed by atoms with Crippen LogP contribution in [-0.4, -0.2) is 132 Å². The largest absolute Gasteiger partial charge is 1.00 e. The van der Waals surface area contributed by atoms with Crippen LogP contribution in [0.15, 0.2) is 0 Å². The first-order valence-electron chi connectivity index (χ1n) is 9.34. The van der Waals surface area contributed by atoms with E-state index in [0.717, 1.165) is 6.92 Å². The number of carbonyl (C=O) groups is 1. The van der Waals surface area contributed by atoms with Crippen molar-refractivity contribution in [3.05, 3.63) is 0 Å². The molecule has 6 N–H and O–H groups in total. The quantitative estimate of drug-likeness (QED) is 0.0829. The number of carbonyl (C=O) groups excluding carboxylic acids is 1. The molecule has 2 rings (SSSR count). The Morgan fingerprint density at radius 1 is 0.833 bits per heavy atom. The molecule has 0 aromatic rings. The van der Waals surface area contributed by atoms with Gasteiger partial charge < -0.3 is 54.2 Å². The average Bonchev–Trinajstić information content (AvgIpc) is 2.69. The summed E-state index contributed by atoms with van der Waals surface area (Å²) in [4.78, 5) is 11.5. The fourth-order valence-electron chi connectivity index (χ4n) is 3.24. The number of hydrogen-bond donors (Lipinski definition) is 6. The predicted molar refractivity (Wildman–Crippen MR) is 97.3 cm³/mol. The van der Waals surface area contributed by atoms with Crippen LogP contribution in [0.2, 0.25) is 0 Å². The first-order chi connectivity index (χ1) is 15.5. The Balaban J connectivity index is 0.00000612. The van der Waals surface area contributed by atoms with Crippen molar-refractivity contribution >= 4 is 26.7 Å². The Labute approximate surface area is 249 Å². The van der Waals surface area contributed by atoms with E-state index in [2.05, 4.69) is 13.7 Å². The summed E-state index contributed by atoms with van der Waals surface area (Å²) in [5.74, 6) is -0.773. The summed E-state index contributed by atoms with van der Waals surface area (Å²) in [6.07, 6.45) is -17.3. The minimum atomic E-state index is -5.24. The molecule has 200 valence electrons. The zero-order valence-electron chi connectivity index (χ0n) is 19.1. The van der Waals surface area contributed by atoms with Gasteiger partial charge in [-0.05, 0) is 0 Å². The van der Waals surface area contributed by atoms with Gasteiger partial charge in [0.2, 0.25) is 26.7 Å². The van der Waals surface area contributed by atoms with Crippen molar-refractivity contribution in [1.29, 1.82) is 0 Å². The molecule has 0 bridgehead atoms. The van der Waals surface area contributed by atoms with Crippen LogP contribution in [-0.2, 0) is 48.2 Å². The molecule has 10 atom stereocenters.